The number of H-pyrrole nitrogens is 1. The van der Waals surface area contributed by atoms with Crippen LogP contribution >= 0.6 is 23.2 Å². The van der Waals surface area contributed by atoms with Crippen molar-refractivity contribution >= 4 is 57.2 Å². The Labute approximate surface area is 198 Å². The van der Waals surface area contributed by atoms with E-state index in [1.54, 1.807) is 24.4 Å². The Kier molecular flexibility index (Phi) is 5.12. The third kappa shape index (κ3) is 3.44. The first-order valence-corrected chi connectivity index (χ1v) is 10.7. The average molecular weight is 479 g/mol. The molecule has 0 bridgehead atoms. The number of rotatable bonds is 3. The van der Waals surface area contributed by atoms with Gasteiger partial charge in [0.15, 0.2) is 0 Å². The van der Waals surface area contributed by atoms with Crippen LogP contribution in [0.15, 0.2) is 78.5 Å². The summed E-state index contributed by atoms with van der Waals surface area (Å²) in [6.07, 6.45) is 1.60. The first-order valence-electron chi connectivity index (χ1n) is 9.98. The minimum absolute atomic E-state index is 0.0295. The van der Waals surface area contributed by atoms with Gasteiger partial charge in [-0.05, 0) is 42.0 Å². The number of hydrogen-bond donors (Lipinski definition) is 3. The standard InChI is InChI=1S/C25H16Cl2N2O4/c26-18-10-7-14(11-19(18)27)29-22(13-5-8-15(30)9-6-13)21(24(32)25(29)33)23(31)17-12-28-20-4-2-1-3-16(17)20/h1-12,22,28,30-31H/b23-21-. The summed E-state index contributed by atoms with van der Waals surface area (Å²) in [4.78, 5) is 30.8. The summed E-state index contributed by atoms with van der Waals surface area (Å²) < 4.78 is 0. The largest absolute Gasteiger partial charge is 0.508 e. The van der Waals surface area contributed by atoms with Crippen molar-refractivity contribution in [2.24, 2.45) is 0 Å². The molecule has 4 aromatic rings. The van der Waals surface area contributed by atoms with Crippen LogP contribution in [0.5, 0.6) is 5.75 Å². The van der Waals surface area contributed by atoms with E-state index in [1.165, 1.54) is 29.2 Å². The molecule has 1 aliphatic heterocycles. The van der Waals surface area contributed by atoms with Crippen molar-refractivity contribution in [3.8, 4) is 5.75 Å². The highest BCUT2D eigenvalue weighted by Crippen LogP contribution is 2.44. The van der Waals surface area contributed by atoms with E-state index >= 15 is 0 Å². The number of aromatic nitrogens is 1. The van der Waals surface area contributed by atoms with Gasteiger partial charge in [-0.25, -0.2) is 0 Å². The van der Waals surface area contributed by atoms with E-state index in [0.717, 1.165) is 5.52 Å². The minimum atomic E-state index is -0.948. The zero-order valence-corrected chi connectivity index (χ0v) is 18.4. The smallest absolute Gasteiger partial charge is 0.300 e. The molecule has 1 aromatic heterocycles. The molecule has 0 radical (unpaired) electrons. The van der Waals surface area contributed by atoms with Gasteiger partial charge < -0.3 is 15.2 Å². The molecule has 1 amide bonds. The molecular formula is C25H16Cl2N2O4. The highest BCUT2D eigenvalue weighted by molar-refractivity contribution is 6.52. The van der Waals surface area contributed by atoms with E-state index in [9.17, 15) is 19.8 Å². The van der Waals surface area contributed by atoms with Crippen LogP contribution in [0.2, 0.25) is 10.0 Å². The zero-order chi connectivity index (χ0) is 23.3. The van der Waals surface area contributed by atoms with Gasteiger partial charge >= 0.3 is 0 Å². The molecule has 164 valence electrons. The van der Waals surface area contributed by atoms with Crippen LogP contribution < -0.4 is 4.90 Å². The number of aliphatic hydroxyl groups is 1. The molecule has 3 N–H and O–H groups in total. The Balaban J connectivity index is 1.76. The number of nitrogens with zero attached hydrogens (tertiary/aromatic N) is 1. The Bertz CT molecular complexity index is 1460. The topological polar surface area (TPSA) is 93.6 Å². The lowest BCUT2D eigenvalue weighted by Crippen LogP contribution is -2.29. The fourth-order valence-corrected chi connectivity index (χ4v) is 4.41. The number of ketones is 1. The predicted octanol–water partition coefficient (Wildman–Crippen LogP) is 5.81. The molecule has 1 fully saturated rings. The zero-order valence-electron chi connectivity index (χ0n) is 16.9. The molecule has 0 aliphatic carbocycles. The Morgan fingerprint density at radius 2 is 1.67 bits per heavy atom. The summed E-state index contributed by atoms with van der Waals surface area (Å²) in [6.45, 7) is 0. The van der Waals surface area contributed by atoms with Crippen molar-refractivity contribution < 1.29 is 19.8 Å². The number of Topliss-reactive ketones (excluding diaryl/α,β-unsaturated/α-hetero) is 1. The Hall–Kier alpha value is -3.74. The van der Waals surface area contributed by atoms with Crippen LogP contribution in [-0.4, -0.2) is 26.9 Å². The lowest BCUT2D eigenvalue weighted by Gasteiger charge is -2.25. The van der Waals surface area contributed by atoms with Crippen molar-refractivity contribution in [2.75, 3.05) is 4.90 Å². The molecule has 2 heterocycles. The molecular weight excluding hydrogens is 463 g/mol. The lowest BCUT2D eigenvalue weighted by atomic mass is 9.95. The fourth-order valence-electron chi connectivity index (χ4n) is 4.12. The number of benzene rings is 3. The summed E-state index contributed by atoms with van der Waals surface area (Å²) in [5.41, 5.74) is 1.99. The monoisotopic (exact) mass is 478 g/mol. The van der Waals surface area contributed by atoms with Crippen LogP contribution in [0.4, 0.5) is 5.69 Å². The molecule has 1 aliphatic rings. The van der Waals surface area contributed by atoms with Gasteiger partial charge in [0.1, 0.15) is 11.5 Å². The quantitative estimate of drug-likeness (QED) is 0.197. The van der Waals surface area contributed by atoms with E-state index in [4.69, 9.17) is 23.2 Å². The van der Waals surface area contributed by atoms with E-state index in [2.05, 4.69) is 4.98 Å². The number of anilines is 1. The van der Waals surface area contributed by atoms with Gasteiger partial charge in [-0.15, -0.1) is 0 Å². The number of halogens is 2. The second-order valence-corrected chi connectivity index (χ2v) is 8.42. The molecule has 0 spiro atoms. The van der Waals surface area contributed by atoms with E-state index in [1.807, 2.05) is 24.3 Å². The maximum Gasteiger partial charge on any atom is 0.300 e. The van der Waals surface area contributed by atoms with Gasteiger partial charge in [0, 0.05) is 28.4 Å². The minimum Gasteiger partial charge on any atom is -0.508 e. The molecule has 0 saturated carbocycles. The Morgan fingerprint density at radius 1 is 0.939 bits per heavy atom. The van der Waals surface area contributed by atoms with E-state index in [0.29, 0.717) is 27.2 Å². The van der Waals surface area contributed by atoms with Gasteiger partial charge in [0.05, 0.1) is 21.7 Å². The number of amides is 1. The number of carbonyl (C=O) groups excluding carboxylic acids is 2. The van der Waals surface area contributed by atoms with Crippen LogP contribution in [0.3, 0.4) is 0 Å². The molecule has 5 rings (SSSR count). The molecule has 1 saturated heterocycles. The molecule has 33 heavy (non-hydrogen) atoms. The van der Waals surface area contributed by atoms with Gasteiger partial charge in [-0.2, -0.15) is 0 Å². The fraction of sp³-hybridized carbons (Fsp3) is 0.0400. The summed E-state index contributed by atoms with van der Waals surface area (Å²) in [6, 6.07) is 17.1. The maximum atomic E-state index is 13.2. The molecule has 6 nitrogen and oxygen atoms in total. The van der Waals surface area contributed by atoms with Gasteiger partial charge in [-0.3, -0.25) is 14.5 Å². The molecule has 3 aromatic carbocycles. The Morgan fingerprint density at radius 3 is 2.39 bits per heavy atom. The molecule has 1 atom stereocenters. The number of hydrogen-bond acceptors (Lipinski definition) is 4. The first kappa shape index (κ1) is 21.1. The number of nitrogens with one attached hydrogen (secondary N) is 1. The lowest BCUT2D eigenvalue weighted by molar-refractivity contribution is -0.132. The van der Waals surface area contributed by atoms with Crippen molar-refractivity contribution in [2.45, 2.75) is 6.04 Å². The number of aromatic amines is 1. The highest BCUT2D eigenvalue weighted by Gasteiger charge is 2.47. The second kappa shape index (κ2) is 7.99. The molecule has 1 unspecified atom stereocenters. The van der Waals surface area contributed by atoms with E-state index < -0.39 is 17.7 Å². The van der Waals surface area contributed by atoms with Crippen molar-refractivity contribution in [3.63, 3.8) is 0 Å². The van der Waals surface area contributed by atoms with Crippen LogP contribution in [0.1, 0.15) is 17.2 Å². The van der Waals surface area contributed by atoms with Crippen molar-refractivity contribution in [1.82, 2.24) is 4.98 Å². The molecule has 8 heteroatoms. The number of para-hydroxylation sites is 1. The summed E-state index contributed by atoms with van der Waals surface area (Å²) in [7, 11) is 0. The maximum absolute atomic E-state index is 13.2. The summed E-state index contributed by atoms with van der Waals surface area (Å²) >= 11 is 12.2. The van der Waals surface area contributed by atoms with E-state index in [-0.39, 0.29) is 22.1 Å². The third-order valence-corrected chi connectivity index (χ3v) is 6.42. The number of fused-ring (bicyclic) bond motifs is 1. The number of carbonyl (C=O) groups is 2. The van der Waals surface area contributed by atoms with Gasteiger partial charge in [0.2, 0.25) is 0 Å². The number of aromatic hydroxyl groups is 1. The van der Waals surface area contributed by atoms with Crippen LogP contribution in [-0.2, 0) is 9.59 Å². The van der Waals surface area contributed by atoms with Crippen LogP contribution in [0.25, 0.3) is 16.7 Å². The number of phenols is 1. The van der Waals surface area contributed by atoms with Crippen molar-refractivity contribution in [1.29, 1.82) is 0 Å². The first-order chi connectivity index (χ1) is 15.9. The van der Waals surface area contributed by atoms with Gasteiger partial charge in [0.25, 0.3) is 11.7 Å². The summed E-state index contributed by atoms with van der Waals surface area (Å²) in [5.74, 6) is -1.91. The predicted molar refractivity (Wildman–Crippen MR) is 128 cm³/mol. The number of aliphatic hydroxyl groups excluding tert-OH is 1. The highest BCUT2D eigenvalue weighted by atomic mass is 35.5. The van der Waals surface area contributed by atoms with Gasteiger partial charge in [-0.1, -0.05) is 53.5 Å². The SMILES string of the molecule is O=C1C(=O)N(c2ccc(Cl)c(Cl)c2)C(c2ccc(O)cc2)/C1=C(/O)c1c[nH]c2ccccc12. The third-order valence-electron chi connectivity index (χ3n) is 5.68. The van der Waals surface area contributed by atoms with Crippen LogP contribution in [0, 0.1) is 0 Å². The van der Waals surface area contributed by atoms with Crippen molar-refractivity contribution in [3.05, 3.63) is 99.7 Å². The second-order valence-electron chi connectivity index (χ2n) is 7.61. The average Bonchev–Trinajstić information content (AvgIpc) is 3.35. The normalized spacial score (nSPS) is 17.8. The summed E-state index contributed by atoms with van der Waals surface area (Å²) in [5, 5.41) is 22.3. The number of phenolic OH excluding ortho intramolecular Hbond substituents is 1.